The van der Waals surface area contributed by atoms with E-state index >= 15 is 0 Å². The Morgan fingerprint density at radius 1 is 1.75 bits per heavy atom. The van der Waals surface area contributed by atoms with E-state index in [1.165, 1.54) is 0 Å². The average molecular weight is 201 g/mol. The molecular weight excluding hydrogens is 196 g/mol. The summed E-state index contributed by atoms with van der Waals surface area (Å²) in [5, 5.41) is 10.4. The van der Waals surface area contributed by atoms with Crippen molar-refractivity contribution in [1.82, 2.24) is 0 Å². The van der Waals surface area contributed by atoms with Crippen LogP contribution in [0.3, 0.4) is 0 Å². The lowest BCUT2D eigenvalue weighted by Crippen LogP contribution is -1.94. The van der Waals surface area contributed by atoms with E-state index in [0.717, 1.165) is 11.3 Å². The molecule has 1 aromatic rings. The number of hydrogen-bond donors (Lipinski definition) is 1. The first kappa shape index (κ1) is 9.11. The van der Waals surface area contributed by atoms with Crippen LogP contribution < -0.4 is 0 Å². The van der Waals surface area contributed by atoms with Crippen LogP contribution in [0.5, 0.6) is 0 Å². The summed E-state index contributed by atoms with van der Waals surface area (Å²) in [6, 6.07) is 1.67. The Hall–Kier alpha value is -0.980. The topological polar surface area (TPSA) is 37.3 Å². The van der Waals surface area contributed by atoms with E-state index < -0.39 is 5.97 Å². The van der Waals surface area contributed by atoms with Crippen LogP contribution in [0.2, 0.25) is 0 Å². The molecule has 0 amide bonds. The highest BCUT2D eigenvalue weighted by Crippen LogP contribution is 2.15. The van der Waals surface area contributed by atoms with Gasteiger partial charge >= 0.3 is 5.97 Å². The highest BCUT2D eigenvalue weighted by Gasteiger charge is 2.08. The second-order valence-electron chi connectivity index (χ2n) is 1.90. The second kappa shape index (κ2) is 4.15. The zero-order valence-electron chi connectivity index (χ0n) is 6.00. The van der Waals surface area contributed by atoms with Crippen LogP contribution in [-0.4, -0.2) is 17.0 Å². The maximum atomic E-state index is 10.6. The van der Waals surface area contributed by atoms with E-state index in [-0.39, 0.29) is 10.8 Å². The largest absolute Gasteiger partial charge is 0.477 e. The highest BCUT2D eigenvalue weighted by molar-refractivity contribution is 7.12. The Bertz CT molecular complexity index is 345. The molecule has 0 aliphatic rings. The molecule has 0 bridgehead atoms. The molecule has 1 heterocycles. The number of aromatic carboxylic acids is 1. The number of rotatable bonds is 1. The number of alkyl halides is 1. The molecule has 0 saturated carbocycles. The first-order valence-electron chi connectivity index (χ1n) is 3.11. The summed E-state index contributed by atoms with van der Waals surface area (Å²) in [4.78, 5) is 10.8. The summed E-state index contributed by atoms with van der Waals surface area (Å²) >= 11 is 6.50. The summed E-state index contributed by atoms with van der Waals surface area (Å²) in [7, 11) is 0. The summed E-state index contributed by atoms with van der Waals surface area (Å²) in [5.74, 6) is 4.55. The Balaban J connectivity index is 2.99. The molecule has 1 rings (SSSR count). The Kier molecular flexibility index (Phi) is 3.15. The van der Waals surface area contributed by atoms with Gasteiger partial charge in [0.25, 0.3) is 0 Å². The van der Waals surface area contributed by atoms with Crippen molar-refractivity contribution in [3.8, 4) is 11.8 Å². The van der Waals surface area contributed by atoms with Crippen molar-refractivity contribution in [1.29, 1.82) is 0 Å². The molecule has 0 radical (unpaired) electrons. The fourth-order valence-corrected chi connectivity index (χ4v) is 1.46. The van der Waals surface area contributed by atoms with Gasteiger partial charge in [-0.2, -0.15) is 0 Å². The van der Waals surface area contributed by atoms with Crippen LogP contribution in [0.15, 0.2) is 11.4 Å². The van der Waals surface area contributed by atoms with Gasteiger partial charge in [0.15, 0.2) is 0 Å². The fraction of sp³-hybridized carbons (Fsp3) is 0.125. The first-order valence-corrected chi connectivity index (χ1v) is 4.52. The molecule has 0 aliphatic heterocycles. The van der Waals surface area contributed by atoms with Crippen LogP contribution in [0.25, 0.3) is 0 Å². The third kappa shape index (κ3) is 2.00. The van der Waals surface area contributed by atoms with Gasteiger partial charge in [0, 0.05) is 5.56 Å². The summed E-state index contributed by atoms with van der Waals surface area (Å²) in [5.41, 5.74) is 0.535. The molecule has 0 aromatic carbocycles. The Labute approximate surface area is 78.8 Å². The normalized spacial score (nSPS) is 8.75. The predicted molar refractivity (Wildman–Crippen MR) is 48.9 cm³/mol. The molecule has 0 spiro atoms. The van der Waals surface area contributed by atoms with Crippen LogP contribution >= 0.6 is 22.9 Å². The molecule has 62 valence electrons. The first-order chi connectivity index (χ1) is 5.75. The number of hydrogen-bond acceptors (Lipinski definition) is 2. The highest BCUT2D eigenvalue weighted by atomic mass is 35.5. The van der Waals surface area contributed by atoms with E-state index in [1.807, 2.05) is 0 Å². The van der Waals surface area contributed by atoms with Crippen LogP contribution in [0, 0.1) is 11.8 Å². The van der Waals surface area contributed by atoms with Gasteiger partial charge in [0.1, 0.15) is 4.88 Å². The van der Waals surface area contributed by atoms with E-state index in [9.17, 15) is 4.79 Å². The van der Waals surface area contributed by atoms with Gasteiger partial charge < -0.3 is 5.11 Å². The third-order valence-corrected chi connectivity index (χ3v) is 2.19. The standard InChI is InChI=1S/C8H5ClO2S/c9-4-1-2-6-3-5-12-7(6)8(10)11/h3,5H,4H2,(H,10,11). The van der Waals surface area contributed by atoms with Crippen molar-refractivity contribution < 1.29 is 9.90 Å². The van der Waals surface area contributed by atoms with Gasteiger partial charge in [-0.05, 0) is 11.4 Å². The van der Waals surface area contributed by atoms with Crippen molar-refractivity contribution in [2.45, 2.75) is 0 Å². The molecule has 1 N–H and O–H groups in total. The van der Waals surface area contributed by atoms with Gasteiger partial charge in [-0.3, -0.25) is 0 Å². The monoisotopic (exact) mass is 200 g/mol. The summed E-state index contributed by atoms with van der Waals surface area (Å²) in [6.07, 6.45) is 0. The molecule has 1 aromatic heterocycles. The Morgan fingerprint density at radius 3 is 3.08 bits per heavy atom. The van der Waals surface area contributed by atoms with Gasteiger partial charge in [0.2, 0.25) is 0 Å². The minimum atomic E-state index is -0.941. The maximum Gasteiger partial charge on any atom is 0.347 e. The van der Waals surface area contributed by atoms with E-state index in [1.54, 1.807) is 11.4 Å². The molecule has 12 heavy (non-hydrogen) atoms. The van der Waals surface area contributed by atoms with Gasteiger partial charge in [0.05, 0.1) is 5.88 Å². The molecule has 0 aliphatic carbocycles. The fourth-order valence-electron chi connectivity index (χ4n) is 0.702. The summed E-state index contributed by atoms with van der Waals surface area (Å²) in [6.45, 7) is 0. The van der Waals surface area contributed by atoms with E-state index in [2.05, 4.69) is 11.8 Å². The lowest BCUT2D eigenvalue weighted by atomic mass is 10.2. The van der Waals surface area contributed by atoms with Gasteiger partial charge in [-0.25, -0.2) is 4.79 Å². The molecule has 0 saturated heterocycles. The predicted octanol–water partition coefficient (Wildman–Crippen LogP) is 2.04. The van der Waals surface area contributed by atoms with Gasteiger partial charge in [-0.1, -0.05) is 11.8 Å². The van der Waals surface area contributed by atoms with E-state index in [0.29, 0.717) is 5.56 Å². The average Bonchev–Trinajstić information content (AvgIpc) is 2.48. The van der Waals surface area contributed by atoms with Crippen molar-refractivity contribution in [2.75, 3.05) is 5.88 Å². The van der Waals surface area contributed by atoms with Crippen LogP contribution in [-0.2, 0) is 0 Å². The SMILES string of the molecule is O=C(O)c1sccc1C#CCCl. The molecule has 2 nitrogen and oxygen atoms in total. The van der Waals surface area contributed by atoms with Gasteiger partial charge in [-0.15, -0.1) is 22.9 Å². The number of carboxylic acids is 1. The Morgan fingerprint density at radius 2 is 2.50 bits per heavy atom. The second-order valence-corrected chi connectivity index (χ2v) is 3.09. The quantitative estimate of drug-likeness (QED) is 0.557. The number of carbonyl (C=O) groups is 1. The molecule has 0 atom stereocenters. The lowest BCUT2D eigenvalue weighted by molar-refractivity contribution is 0.0702. The lowest BCUT2D eigenvalue weighted by Gasteiger charge is -1.86. The molecule has 0 fully saturated rings. The van der Waals surface area contributed by atoms with Crippen molar-refractivity contribution in [3.05, 3.63) is 21.9 Å². The molecular formula is C8H5ClO2S. The minimum Gasteiger partial charge on any atom is -0.477 e. The van der Waals surface area contributed by atoms with Crippen LogP contribution in [0.1, 0.15) is 15.2 Å². The summed E-state index contributed by atoms with van der Waals surface area (Å²) < 4.78 is 0. The third-order valence-electron chi connectivity index (χ3n) is 1.15. The maximum absolute atomic E-state index is 10.6. The van der Waals surface area contributed by atoms with Crippen LogP contribution in [0.4, 0.5) is 0 Å². The number of thiophene rings is 1. The number of carboxylic acid groups (broad SMARTS) is 1. The molecule has 0 unspecified atom stereocenters. The zero-order chi connectivity index (χ0) is 8.97. The smallest absolute Gasteiger partial charge is 0.347 e. The van der Waals surface area contributed by atoms with Crippen molar-refractivity contribution >= 4 is 28.9 Å². The minimum absolute atomic E-state index is 0.217. The zero-order valence-corrected chi connectivity index (χ0v) is 7.58. The molecule has 4 heteroatoms. The number of halogens is 1. The van der Waals surface area contributed by atoms with Crippen molar-refractivity contribution in [3.63, 3.8) is 0 Å². The van der Waals surface area contributed by atoms with Crippen molar-refractivity contribution in [2.24, 2.45) is 0 Å². The van der Waals surface area contributed by atoms with E-state index in [4.69, 9.17) is 16.7 Å².